The van der Waals surface area contributed by atoms with E-state index in [4.69, 9.17) is 10.6 Å². The summed E-state index contributed by atoms with van der Waals surface area (Å²) in [5.41, 5.74) is 2.91. The summed E-state index contributed by atoms with van der Waals surface area (Å²) in [6.45, 7) is 3.59. The zero-order valence-electron chi connectivity index (χ0n) is 12.3. The van der Waals surface area contributed by atoms with Crippen molar-refractivity contribution in [2.24, 2.45) is 5.84 Å². The van der Waals surface area contributed by atoms with Gasteiger partial charge in [-0.2, -0.15) is 0 Å². The summed E-state index contributed by atoms with van der Waals surface area (Å²) >= 11 is 0. The van der Waals surface area contributed by atoms with Gasteiger partial charge >= 0.3 is 0 Å². The van der Waals surface area contributed by atoms with Crippen LogP contribution in [0.4, 0.5) is 5.82 Å². The maximum absolute atomic E-state index is 12.4. The number of nitrogens with two attached hydrogens (primary N) is 1. The van der Waals surface area contributed by atoms with Gasteiger partial charge in [-0.3, -0.25) is 4.79 Å². The number of likely N-dealkylation sites (N-methyl/N-ethyl adjacent to an activating group) is 1. The van der Waals surface area contributed by atoms with Crippen LogP contribution in [0.2, 0.25) is 0 Å². The van der Waals surface area contributed by atoms with Crippen LogP contribution in [0.5, 0.6) is 0 Å². The average Bonchev–Trinajstić information content (AvgIpc) is 2.53. The Kier molecular flexibility index (Phi) is 5.08. The van der Waals surface area contributed by atoms with Gasteiger partial charge in [-0.15, -0.1) is 0 Å². The summed E-state index contributed by atoms with van der Waals surface area (Å²) in [5, 5.41) is 1.80. The van der Waals surface area contributed by atoms with E-state index in [-0.39, 0.29) is 5.91 Å². The number of aromatic nitrogens is 1. The van der Waals surface area contributed by atoms with Gasteiger partial charge < -0.3 is 15.1 Å². The molecule has 1 heterocycles. The van der Waals surface area contributed by atoms with E-state index in [0.717, 1.165) is 10.8 Å². The van der Waals surface area contributed by atoms with Gasteiger partial charge in [0.1, 0.15) is 11.5 Å². The standard InChI is InChI=1S/C15H20N4O2/c1-3-21-9-8-19(2)15(20)13-10-11-6-4-5-7-12(11)14(17-13)18-16/h4-7,10H,3,8-9,16H2,1-2H3,(H,17,18). The molecule has 0 unspecified atom stereocenters. The van der Waals surface area contributed by atoms with Crippen molar-refractivity contribution >= 4 is 22.5 Å². The molecule has 1 aromatic heterocycles. The molecular weight excluding hydrogens is 268 g/mol. The third-order valence-electron chi connectivity index (χ3n) is 3.22. The number of hydrazine groups is 1. The molecule has 0 spiro atoms. The number of nitrogens with one attached hydrogen (secondary N) is 1. The van der Waals surface area contributed by atoms with E-state index >= 15 is 0 Å². The molecule has 0 aliphatic carbocycles. The molecule has 0 aliphatic heterocycles. The van der Waals surface area contributed by atoms with Crippen LogP contribution in [0.15, 0.2) is 30.3 Å². The molecule has 0 atom stereocenters. The molecule has 6 heteroatoms. The number of amides is 1. The minimum atomic E-state index is -0.156. The number of benzene rings is 1. The van der Waals surface area contributed by atoms with Gasteiger partial charge in [0.15, 0.2) is 0 Å². The first-order valence-electron chi connectivity index (χ1n) is 6.87. The van der Waals surface area contributed by atoms with Gasteiger partial charge in [0, 0.05) is 25.6 Å². The van der Waals surface area contributed by atoms with Crippen LogP contribution in [0.1, 0.15) is 17.4 Å². The molecule has 2 aromatic rings. The Labute approximate surface area is 123 Å². The number of pyridine rings is 1. The predicted octanol–water partition coefficient (Wildman–Crippen LogP) is 1.63. The van der Waals surface area contributed by atoms with E-state index in [9.17, 15) is 4.79 Å². The summed E-state index contributed by atoms with van der Waals surface area (Å²) in [6, 6.07) is 9.42. The molecule has 1 amide bonds. The number of hydrogen-bond acceptors (Lipinski definition) is 5. The number of hydrogen-bond donors (Lipinski definition) is 2. The van der Waals surface area contributed by atoms with Crippen LogP contribution in [0.3, 0.4) is 0 Å². The Morgan fingerprint density at radius 3 is 2.90 bits per heavy atom. The van der Waals surface area contributed by atoms with Crippen molar-refractivity contribution in [2.75, 3.05) is 32.2 Å². The van der Waals surface area contributed by atoms with Crippen LogP contribution < -0.4 is 11.3 Å². The van der Waals surface area contributed by atoms with Crippen LogP contribution in [-0.2, 0) is 4.74 Å². The lowest BCUT2D eigenvalue weighted by molar-refractivity contribution is 0.0705. The molecule has 0 bridgehead atoms. The topological polar surface area (TPSA) is 80.5 Å². The highest BCUT2D eigenvalue weighted by Crippen LogP contribution is 2.22. The lowest BCUT2D eigenvalue weighted by atomic mass is 10.1. The number of carbonyl (C=O) groups excluding carboxylic acids is 1. The van der Waals surface area contributed by atoms with E-state index < -0.39 is 0 Å². The van der Waals surface area contributed by atoms with E-state index in [2.05, 4.69) is 10.4 Å². The molecule has 6 nitrogen and oxygen atoms in total. The predicted molar refractivity (Wildman–Crippen MR) is 83.0 cm³/mol. The van der Waals surface area contributed by atoms with Crippen molar-refractivity contribution in [1.29, 1.82) is 0 Å². The lowest BCUT2D eigenvalue weighted by Gasteiger charge is -2.17. The normalized spacial score (nSPS) is 10.6. The molecule has 21 heavy (non-hydrogen) atoms. The Morgan fingerprint density at radius 2 is 2.19 bits per heavy atom. The second kappa shape index (κ2) is 7.01. The average molecular weight is 288 g/mol. The van der Waals surface area contributed by atoms with E-state index in [0.29, 0.717) is 31.3 Å². The van der Waals surface area contributed by atoms with E-state index in [1.165, 1.54) is 0 Å². The maximum atomic E-state index is 12.4. The van der Waals surface area contributed by atoms with Gasteiger partial charge in [-0.25, -0.2) is 10.8 Å². The van der Waals surface area contributed by atoms with Gasteiger partial charge in [-0.05, 0) is 18.4 Å². The van der Waals surface area contributed by atoms with Gasteiger partial charge in [0.2, 0.25) is 0 Å². The highest BCUT2D eigenvalue weighted by Gasteiger charge is 2.15. The number of ether oxygens (including phenoxy) is 1. The number of nitrogen functional groups attached to an aromatic ring is 1. The van der Waals surface area contributed by atoms with Gasteiger partial charge in [-0.1, -0.05) is 24.3 Å². The molecule has 0 aliphatic rings. The number of rotatable bonds is 6. The number of nitrogens with zero attached hydrogens (tertiary/aromatic N) is 2. The van der Waals surface area contributed by atoms with Gasteiger partial charge in [0.05, 0.1) is 6.61 Å². The van der Waals surface area contributed by atoms with Crippen molar-refractivity contribution in [3.63, 3.8) is 0 Å². The minimum Gasteiger partial charge on any atom is -0.380 e. The number of fused-ring (bicyclic) bond motifs is 1. The fourth-order valence-corrected chi connectivity index (χ4v) is 2.06. The minimum absolute atomic E-state index is 0.156. The highest BCUT2D eigenvalue weighted by molar-refractivity contribution is 6.00. The monoisotopic (exact) mass is 288 g/mol. The molecule has 2 rings (SSSR count). The zero-order valence-corrected chi connectivity index (χ0v) is 12.3. The number of carbonyl (C=O) groups is 1. The zero-order chi connectivity index (χ0) is 15.2. The molecule has 1 aromatic carbocycles. The molecule has 0 fully saturated rings. The quantitative estimate of drug-likeness (QED) is 0.480. The molecule has 3 N–H and O–H groups in total. The van der Waals surface area contributed by atoms with Crippen molar-refractivity contribution in [3.8, 4) is 0 Å². The molecular formula is C15H20N4O2. The van der Waals surface area contributed by atoms with Crippen molar-refractivity contribution in [2.45, 2.75) is 6.92 Å². The second-order valence-electron chi connectivity index (χ2n) is 4.65. The Balaban J connectivity index is 2.27. The molecule has 112 valence electrons. The van der Waals surface area contributed by atoms with Crippen molar-refractivity contribution < 1.29 is 9.53 Å². The summed E-state index contributed by atoms with van der Waals surface area (Å²) in [6.07, 6.45) is 0. The third kappa shape index (κ3) is 3.48. The highest BCUT2D eigenvalue weighted by atomic mass is 16.5. The molecule has 0 saturated heterocycles. The van der Waals surface area contributed by atoms with Crippen LogP contribution in [0.25, 0.3) is 10.8 Å². The first kappa shape index (κ1) is 15.2. The fourth-order valence-electron chi connectivity index (χ4n) is 2.06. The number of anilines is 1. The van der Waals surface area contributed by atoms with Gasteiger partial charge in [0.25, 0.3) is 5.91 Å². The summed E-state index contributed by atoms with van der Waals surface area (Å²) in [7, 11) is 1.73. The summed E-state index contributed by atoms with van der Waals surface area (Å²) < 4.78 is 5.26. The van der Waals surface area contributed by atoms with Crippen LogP contribution >= 0.6 is 0 Å². The van der Waals surface area contributed by atoms with Crippen LogP contribution in [0, 0.1) is 0 Å². The first-order valence-corrected chi connectivity index (χ1v) is 6.87. The Hall–Kier alpha value is -2.18. The Morgan fingerprint density at radius 1 is 1.43 bits per heavy atom. The van der Waals surface area contributed by atoms with Crippen LogP contribution in [-0.4, -0.2) is 42.6 Å². The smallest absolute Gasteiger partial charge is 0.272 e. The summed E-state index contributed by atoms with van der Waals surface area (Å²) in [4.78, 5) is 18.3. The van der Waals surface area contributed by atoms with Crippen molar-refractivity contribution in [1.82, 2.24) is 9.88 Å². The van der Waals surface area contributed by atoms with Crippen molar-refractivity contribution in [3.05, 3.63) is 36.0 Å². The summed E-state index contributed by atoms with van der Waals surface area (Å²) in [5.74, 6) is 5.84. The molecule has 0 saturated carbocycles. The SMILES string of the molecule is CCOCCN(C)C(=O)c1cc2ccccc2c(NN)n1. The van der Waals surface area contributed by atoms with E-state index in [1.807, 2.05) is 31.2 Å². The fraction of sp³-hybridized carbons (Fsp3) is 0.333. The largest absolute Gasteiger partial charge is 0.380 e. The lowest BCUT2D eigenvalue weighted by Crippen LogP contribution is -2.31. The second-order valence-corrected chi connectivity index (χ2v) is 4.65. The third-order valence-corrected chi connectivity index (χ3v) is 3.22. The first-order chi connectivity index (χ1) is 10.2. The Bertz CT molecular complexity index is 630. The molecule has 0 radical (unpaired) electrons. The van der Waals surface area contributed by atoms with E-state index in [1.54, 1.807) is 18.0 Å². The maximum Gasteiger partial charge on any atom is 0.272 e.